The van der Waals surface area contributed by atoms with Crippen molar-refractivity contribution in [1.29, 1.82) is 0 Å². The Morgan fingerprint density at radius 2 is 1.73 bits per heavy atom. The normalized spacial score (nSPS) is 11.8. The Morgan fingerprint density at radius 3 is 2.35 bits per heavy atom. The number of benzene rings is 1. The summed E-state index contributed by atoms with van der Waals surface area (Å²) in [7, 11) is 0. The fourth-order valence-corrected chi connectivity index (χ4v) is 2.64. The van der Waals surface area contributed by atoms with E-state index < -0.39 is 0 Å². The maximum Gasteiger partial charge on any atom is 0.239 e. The van der Waals surface area contributed by atoms with E-state index >= 15 is 0 Å². The van der Waals surface area contributed by atoms with Crippen LogP contribution in [0.2, 0.25) is 0 Å². The van der Waals surface area contributed by atoms with Gasteiger partial charge in [0.2, 0.25) is 11.8 Å². The van der Waals surface area contributed by atoms with Crippen molar-refractivity contribution in [3.63, 3.8) is 0 Å². The minimum atomic E-state index is -0.299. The lowest BCUT2D eigenvalue weighted by Gasteiger charge is -2.13. The van der Waals surface area contributed by atoms with E-state index in [0.717, 1.165) is 17.7 Å². The lowest BCUT2D eigenvalue weighted by molar-refractivity contribution is -0.126. The third kappa shape index (κ3) is 6.31. The number of hydrogen-bond acceptors (Lipinski definition) is 3. The first-order valence-corrected chi connectivity index (χ1v) is 8.99. The summed E-state index contributed by atoms with van der Waals surface area (Å²) >= 11 is 0. The first kappa shape index (κ1) is 19.6. The van der Waals surface area contributed by atoms with Crippen LogP contribution in [0.4, 0.5) is 0 Å². The van der Waals surface area contributed by atoms with Crippen LogP contribution in [-0.4, -0.2) is 23.3 Å². The van der Waals surface area contributed by atoms with Crippen molar-refractivity contribution in [3.05, 3.63) is 65.5 Å². The molecule has 2 rings (SSSR count). The van der Waals surface area contributed by atoms with Crippen molar-refractivity contribution in [3.8, 4) is 0 Å². The number of amides is 2. The number of hydrogen-bond donors (Lipinski definition) is 2. The van der Waals surface area contributed by atoms with Crippen LogP contribution in [0.25, 0.3) is 0 Å². The fraction of sp³-hybridized carbons (Fsp3) is 0.381. The summed E-state index contributed by atoms with van der Waals surface area (Å²) in [6.07, 6.45) is 2.70. The Kier molecular flexibility index (Phi) is 7.33. The van der Waals surface area contributed by atoms with E-state index in [1.807, 2.05) is 37.3 Å². The van der Waals surface area contributed by atoms with E-state index in [4.69, 9.17) is 0 Å². The predicted octanol–water partition coefficient (Wildman–Crippen LogP) is 2.82. The lowest BCUT2D eigenvalue weighted by Crippen LogP contribution is -2.38. The Hall–Kier alpha value is -2.69. The van der Waals surface area contributed by atoms with Crippen LogP contribution in [-0.2, 0) is 22.6 Å². The second kappa shape index (κ2) is 9.70. The minimum Gasteiger partial charge on any atom is -0.349 e. The number of carbonyl (C=O) groups is 2. The van der Waals surface area contributed by atoms with Crippen molar-refractivity contribution in [2.45, 2.75) is 39.7 Å². The molecule has 0 bridgehead atoms. The standard InChI is InChI=1S/C21H27N3O2/c1-15(2)12-17-7-9-18(10-8-17)16(3)21(26)24-14-20(25)23-13-19-6-4-5-11-22-19/h4-11,15-16H,12-14H2,1-3H3,(H,23,25)(H,24,26). The van der Waals surface area contributed by atoms with Gasteiger partial charge in [-0.25, -0.2) is 0 Å². The van der Waals surface area contributed by atoms with Gasteiger partial charge in [0, 0.05) is 6.20 Å². The molecule has 0 radical (unpaired) electrons. The molecule has 2 N–H and O–H groups in total. The predicted molar refractivity (Wildman–Crippen MR) is 102 cm³/mol. The summed E-state index contributed by atoms with van der Waals surface area (Å²) in [4.78, 5) is 28.3. The van der Waals surface area contributed by atoms with E-state index in [1.165, 1.54) is 5.56 Å². The molecular formula is C21H27N3O2. The first-order chi connectivity index (χ1) is 12.5. The van der Waals surface area contributed by atoms with Gasteiger partial charge in [-0.05, 0) is 42.5 Å². The highest BCUT2D eigenvalue weighted by Crippen LogP contribution is 2.17. The second-order valence-electron chi connectivity index (χ2n) is 6.88. The summed E-state index contributed by atoms with van der Waals surface area (Å²) in [5, 5.41) is 5.43. The second-order valence-corrected chi connectivity index (χ2v) is 6.88. The summed E-state index contributed by atoms with van der Waals surface area (Å²) < 4.78 is 0. The van der Waals surface area contributed by atoms with E-state index in [-0.39, 0.29) is 24.3 Å². The largest absolute Gasteiger partial charge is 0.349 e. The number of pyridine rings is 1. The Labute approximate surface area is 155 Å². The van der Waals surface area contributed by atoms with Gasteiger partial charge < -0.3 is 10.6 Å². The third-order valence-corrected chi connectivity index (χ3v) is 4.13. The number of nitrogens with zero attached hydrogens (tertiary/aromatic N) is 1. The highest BCUT2D eigenvalue weighted by atomic mass is 16.2. The first-order valence-electron chi connectivity index (χ1n) is 8.99. The maximum atomic E-state index is 12.3. The van der Waals surface area contributed by atoms with Crippen LogP contribution in [0.15, 0.2) is 48.7 Å². The van der Waals surface area contributed by atoms with Crippen LogP contribution in [0.3, 0.4) is 0 Å². The zero-order valence-corrected chi connectivity index (χ0v) is 15.7. The molecule has 5 nitrogen and oxygen atoms in total. The van der Waals surface area contributed by atoms with Gasteiger partial charge in [0.1, 0.15) is 0 Å². The summed E-state index contributed by atoms with van der Waals surface area (Å²) in [6, 6.07) is 13.6. The fourth-order valence-electron chi connectivity index (χ4n) is 2.64. The van der Waals surface area contributed by atoms with Crippen molar-refractivity contribution in [2.24, 2.45) is 5.92 Å². The summed E-state index contributed by atoms with van der Waals surface area (Å²) in [6.45, 7) is 6.52. The number of nitrogens with one attached hydrogen (secondary N) is 2. The molecule has 1 unspecified atom stereocenters. The van der Waals surface area contributed by atoms with Gasteiger partial charge in [0.25, 0.3) is 0 Å². The molecule has 1 atom stereocenters. The molecule has 1 aromatic heterocycles. The van der Waals surface area contributed by atoms with Crippen LogP contribution in [0.1, 0.15) is 43.5 Å². The SMILES string of the molecule is CC(C)Cc1ccc(C(C)C(=O)NCC(=O)NCc2ccccn2)cc1. The molecule has 0 fully saturated rings. The molecular weight excluding hydrogens is 326 g/mol. The smallest absolute Gasteiger partial charge is 0.239 e. The Balaban J connectivity index is 1.78. The third-order valence-electron chi connectivity index (χ3n) is 4.13. The molecule has 0 aliphatic heterocycles. The van der Waals surface area contributed by atoms with Crippen molar-refractivity contribution in [1.82, 2.24) is 15.6 Å². The molecule has 1 heterocycles. The molecule has 0 aliphatic rings. The minimum absolute atomic E-state index is 0.0402. The van der Waals surface area contributed by atoms with E-state index in [0.29, 0.717) is 12.5 Å². The van der Waals surface area contributed by atoms with Crippen molar-refractivity contribution >= 4 is 11.8 Å². The van der Waals surface area contributed by atoms with E-state index in [2.05, 4.69) is 41.6 Å². The molecule has 2 aromatic rings. The van der Waals surface area contributed by atoms with Gasteiger partial charge in [-0.1, -0.05) is 44.2 Å². The molecule has 1 aromatic carbocycles. The van der Waals surface area contributed by atoms with Gasteiger partial charge in [0.05, 0.1) is 24.7 Å². The van der Waals surface area contributed by atoms with Crippen LogP contribution >= 0.6 is 0 Å². The topological polar surface area (TPSA) is 71.1 Å². The Morgan fingerprint density at radius 1 is 1.00 bits per heavy atom. The van der Waals surface area contributed by atoms with Gasteiger partial charge in [-0.15, -0.1) is 0 Å². The molecule has 0 saturated carbocycles. The number of rotatable bonds is 8. The summed E-state index contributed by atoms with van der Waals surface area (Å²) in [5.74, 6) is -0.0871. The van der Waals surface area contributed by atoms with Gasteiger partial charge >= 0.3 is 0 Å². The molecule has 5 heteroatoms. The average molecular weight is 353 g/mol. The van der Waals surface area contributed by atoms with Crippen LogP contribution in [0.5, 0.6) is 0 Å². The average Bonchev–Trinajstić information content (AvgIpc) is 2.65. The van der Waals surface area contributed by atoms with Crippen molar-refractivity contribution < 1.29 is 9.59 Å². The number of aromatic nitrogens is 1. The quantitative estimate of drug-likeness (QED) is 0.767. The van der Waals surface area contributed by atoms with Crippen LogP contribution < -0.4 is 10.6 Å². The molecule has 0 saturated heterocycles. The zero-order valence-electron chi connectivity index (χ0n) is 15.7. The van der Waals surface area contributed by atoms with Crippen molar-refractivity contribution in [2.75, 3.05) is 6.54 Å². The summed E-state index contributed by atoms with van der Waals surface area (Å²) in [5.41, 5.74) is 3.00. The molecule has 138 valence electrons. The molecule has 26 heavy (non-hydrogen) atoms. The van der Waals surface area contributed by atoms with Gasteiger partial charge in [-0.2, -0.15) is 0 Å². The molecule has 0 spiro atoms. The maximum absolute atomic E-state index is 12.3. The highest BCUT2D eigenvalue weighted by molar-refractivity contribution is 5.88. The monoisotopic (exact) mass is 353 g/mol. The Bertz CT molecular complexity index is 712. The van der Waals surface area contributed by atoms with Gasteiger partial charge in [-0.3, -0.25) is 14.6 Å². The zero-order chi connectivity index (χ0) is 18.9. The molecule has 0 aliphatic carbocycles. The number of carbonyl (C=O) groups excluding carboxylic acids is 2. The highest BCUT2D eigenvalue weighted by Gasteiger charge is 2.16. The van der Waals surface area contributed by atoms with E-state index in [1.54, 1.807) is 6.20 Å². The van der Waals surface area contributed by atoms with E-state index in [9.17, 15) is 9.59 Å². The lowest BCUT2D eigenvalue weighted by atomic mass is 9.96. The van der Waals surface area contributed by atoms with Gasteiger partial charge in [0.15, 0.2) is 0 Å². The van der Waals surface area contributed by atoms with Crippen LogP contribution in [0, 0.1) is 5.92 Å². The molecule has 2 amide bonds.